The van der Waals surface area contributed by atoms with Crippen molar-refractivity contribution in [2.75, 3.05) is 18.0 Å². The third kappa shape index (κ3) is 6.91. The van der Waals surface area contributed by atoms with Crippen LogP contribution in [0.15, 0.2) is 41.5 Å². The van der Waals surface area contributed by atoms with Gasteiger partial charge in [-0.05, 0) is 44.0 Å². The largest absolute Gasteiger partial charge is 0.372 e. The Morgan fingerprint density at radius 2 is 1.79 bits per heavy atom. The Labute approximate surface area is 208 Å². The summed E-state index contributed by atoms with van der Waals surface area (Å²) in [6.07, 6.45) is 1.36. The van der Waals surface area contributed by atoms with Gasteiger partial charge in [0.15, 0.2) is 0 Å². The summed E-state index contributed by atoms with van der Waals surface area (Å²) in [5.41, 5.74) is 3.83. The van der Waals surface area contributed by atoms with Gasteiger partial charge in [0, 0.05) is 42.0 Å². The Kier molecular flexibility index (Phi) is 9.83. The standard InChI is InChI=1S/C23H27Cl2N5O4/c1-5-29(6-2)20-10-8-17(30(33)34)11-16(20)13-26-28-23(32)21(14(3)4)27-22(31)15-7-9-18(24)19(25)12-15/h7-14,21H,5-6H2,1-4H3,(H,27,31)(H,28,32)/b26-13-. The minimum atomic E-state index is -0.883. The summed E-state index contributed by atoms with van der Waals surface area (Å²) >= 11 is 11.9. The molecule has 182 valence electrons. The normalized spacial score (nSPS) is 12.0. The lowest BCUT2D eigenvalue weighted by molar-refractivity contribution is -0.384. The summed E-state index contributed by atoms with van der Waals surface area (Å²) in [5.74, 6) is -1.26. The van der Waals surface area contributed by atoms with Crippen molar-refractivity contribution >= 4 is 52.6 Å². The number of rotatable bonds is 10. The third-order valence-corrected chi connectivity index (χ3v) is 5.86. The summed E-state index contributed by atoms with van der Waals surface area (Å²) in [6.45, 7) is 8.88. The highest BCUT2D eigenvalue weighted by atomic mass is 35.5. The van der Waals surface area contributed by atoms with E-state index >= 15 is 0 Å². The Hall–Kier alpha value is -3.17. The smallest absolute Gasteiger partial charge is 0.270 e. The molecule has 0 spiro atoms. The minimum Gasteiger partial charge on any atom is -0.372 e. The number of nitro groups is 1. The highest BCUT2D eigenvalue weighted by molar-refractivity contribution is 6.42. The van der Waals surface area contributed by atoms with Gasteiger partial charge in [0.25, 0.3) is 17.5 Å². The molecule has 0 saturated heterocycles. The summed E-state index contributed by atoms with van der Waals surface area (Å²) in [5, 5.41) is 18.4. The molecule has 0 aliphatic heterocycles. The average Bonchev–Trinajstić information content (AvgIpc) is 2.80. The van der Waals surface area contributed by atoms with Gasteiger partial charge in [-0.2, -0.15) is 5.10 Å². The van der Waals surface area contributed by atoms with Crippen molar-refractivity contribution in [1.82, 2.24) is 10.7 Å². The number of halogens is 2. The van der Waals surface area contributed by atoms with Crippen molar-refractivity contribution in [2.45, 2.75) is 33.7 Å². The molecule has 0 aromatic heterocycles. The third-order valence-electron chi connectivity index (χ3n) is 5.12. The lowest BCUT2D eigenvalue weighted by Crippen LogP contribution is -2.48. The number of hydrazone groups is 1. The zero-order valence-electron chi connectivity index (χ0n) is 19.3. The van der Waals surface area contributed by atoms with Crippen molar-refractivity contribution in [3.8, 4) is 0 Å². The molecule has 2 aromatic carbocycles. The van der Waals surface area contributed by atoms with Gasteiger partial charge >= 0.3 is 0 Å². The number of nitrogens with one attached hydrogen (secondary N) is 2. The van der Waals surface area contributed by atoms with Crippen LogP contribution in [0, 0.1) is 16.0 Å². The minimum absolute atomic E-state index is 0.0855. The second-order valence-corrected chi connectivity index (χ2v) is 8.55. The maximum Gasteiger partial charge on any atom is 0.270 e. The second kappa shape index (κ2) is 12.3. The molecule has 2 rings (SSSR count). The highest BCUT2D eigenvalue weighted by Crippen LogP contribution is 2.24. The van der Waals surface area contributed by atoms with E-state index < -0.39 is 22.8 Å². The van der Waals surface area contributed by atoms with Crippen LogP contribution in [0.3, 0.4) is 0 Å². The highest BCUT2D eigenvalue weighted by Gasteiger charge is 2.25. The molecular formula is C23H27Cl2N5O4. The fraction of sp³-hybridized carbons (Fsp3) is 0.348. The van der Waals surface area contributed by atoms with Crippen molar-refractivity contribution in [3.63, 3.8) is 0 Å². The van der Waals surface area contributed by atoms with Crippen LogP contribution < -0.4 is 15.6 Å². The summed E-state index contributed by atoms with van der Waals surface area (Å²) in [6, 6.07) is 8.03. The first-order chi connectivity index (χ1) is 16.1. The predicted molar refractivity (Wildman–Crippen MR) is 135 cm³/mol. The van der Waals surface area contributed by atoms with Crippen molar-refractivity contribution in [1.29, 1.82) is 0 Å². The molecule has 0 bridgehead atoms. The summed E-state index contributed by atoms with van der Waals surface area (Å²) in [4.78, 5) is 38.1. The van der Waals surface area contributed by atoms with Crippen molar-refractivity contribution in [2.24, 2.45) is 11.0 Å². The number of carbonyl (C=O) groups is 2. The van der Waals surface area contributed by atoms with Crippen LogP contribution in [0.2, 0.25) is 10.0 Å². The predicted octanol–water partition coefficient (Wildman–Crippen LogP) is 4.65. The first kappa shape index (κ1) is 27.1. The Morgan fingerprint density at radius 1 is 1.12 bits per heavy atom. The fourth-order valence-electron chi connectivity index (χ4n) is 3.24. The van der Waals surface area contributed by atoms with E-state index in [9.17, 15) is 19.7 Å². The number of hydrogen-bond donors (Lipinski definition) is 2. The van der Waals surface area contributed by atoms with Crippen LogP contribution in [0.25, 0.3) is 0 Å². The van der Waals surface area contributed by atoms with E-state index in [1.807, 2.05) is 18.7 Å². The molecule has 2 amide bonds. The molecule has 9 nitrogen and oxygen atoms in total. The van der Waals surface area contributed by atoms with E-state index in [1.54, 1.807) is 19.9 Å². The fourth-order valence-corrected chi connectivity index (χ4v) is 3.54. The molecule has 0 heterocycles. The number of benzene rings is 2. The van der Waals surface area contributed by atoms with Crippen LogP contribution >= 0.6 is 23.2 Å². The SMILES string of the molecule is CCN(CC)c1ccc([N+](=O)[O-])cc1/C=N\NC(=O)C(NC(=O)c1ccc(Cl)c(Cl)c1)C(C)C. The van der Waals surface area contributed by atoms with Gasteiger partial charge < -0.3 is 10.2 Å². The first-order valence-corrected chi connectivity index (χ1v) is 11.5. The zero-order valence-corrected chi connectivity index (χ0v) is 20.9. The molecule has 0 aliphatic rings. The molecule has 0 saturated carbocycles. The average molecular weight is 508 g/mol. The molecular weight excluding hydrogens is 481 g/mol. The van der Waals surface area contributed by atoms with Crippen molar-refractivity contribution < 1.29 is 14.5 Å². The molecule has 11 heteroatoms. The Morgan fingerprint density at radius 3 is 2.35 bits per heavy atom. The van der Waals surface area contributed by atoms with Gasteiger partial charge in [0.05, 0.1) is 21.2 Å². The van der Waals surface area contributed by atoms with Gasteiger partial charge in [-0.3, -0.25) is 19.7 Å². The topological polar surface area (TPSA) is 117 Å². The zero-order chi connectivity index (χ0) is 25.4. The van der Waals surface area contributed by atoms with Gasteiger partial charge in [-0.1, -0.05) is 37.0 Å². The monoisotopic (exact) mass is 507 g/mol. The summed E-state index contributed by atoms with van der Waals surface area (Å²) in [7, 11) is 0. The van der Waals surface area contributed by atoms with E-state index in [-0.39, 0.29) is 22.2 Å². The molecule has 0 fully saturated rings. The lowest BCUT2D eigenvalue weighted by Gasteiger charge is -2.23. The quantitative estimate of drug-likeness (QED) is 0.275. The van der Waals surface area contributed by atoms with Crippen molar-refractivity contribution in [3.05, 3.63) is 67.7 Å². The maximum atomic E-state index is 12.8. The molecule has 0 aliphatic carbocycles. The van der Waals surface area contributed by atoms with E-state index in [4.69, 9.17) is 23.2 Å². The number of non-ortho nitro benzene ring substituents is 1. The molecule has 0 radical (unpaired) electrons. The van der Waals surface area contributed by atoms with Crippen LogP contribution in [-0.2, 0) is 4.79 Å². The molecule has 2 aromatic rings. The van der Waals surface area contributed by atoms with Gasteiger partial charge in [0.1, 0.15) is 6.04 Å². The number of anilines is 1. The number of carbonyl (C=O) groups excluding carboxylic acids is 2. The lowest BCUT2D eigenvalue weighted by atomic mass is 10.0. The Bertz CT molecular complexity index is 1090. The second-order valence-electron chi connectivity index (χ2n) is 7.73. The first-order valence-electron chi connectivity index (χ1n) is 10.7. The number of amides is 2. The van der Waals surface area contributed by atoms with Gasteiger partial charge in [-0.25, -0.2) is 5.43 Å². The van der Waals surface area contributed by atoms with Crippen LogP contribution in [0.4, 0.5) is 11.4 Å². The summed E-state index contributed by atoms with van der Waals surface area (Å²) < 4.78 is 0. The van der Waals surface area contributed by atoms with E-state index in [0.717, 1.165) is 5.69 Å². The molecule has 34 heavy (non-hydrogen) atoms. The van der Waals surface area contributed by atoms with Crippen LogP contribution in [0.5, 0.6) is 0 Å². The molecule has 2 N–H and O–H groups in total. The van der Waals surface area contributed by atoms with E-state index in [2.05, 4.69) is 15.8 Å². The maximum absolute atomic E-state index is 12.8. The molecule has 1 atom stereocenters. The Balaban J connectivity index is 2.20. The number of nitrogens with zero attached hydrogens (tertiary/aromatic N) is 3. The van der Waals surface area contributed by atoms with Gasteiger partial charge in [-0.15, -0.1) is 0 Å². The molecule has 1 unspecified atom stereocenters. The van der Waals surface area contributed by atoms with E-state index in [0.29, 0.717) is 23.7 Å². The van der Waals surface area contributed by atoms with Gasteiger partial charge in [0.2, 0.25) is 0 Å². The van der Waals surface area contributed by atoms with Crippen LogP contribution in [-0.4, -0.2) is 42.1 Å². The van der Waals surface area contributed by atoms with E-state index in [1.165, 1.54) is 36.5 Å². The number of hydrogen-bond acceptors (Lipinski definition) is 6. The van der Waals surface area contributed by atoms with Crippen LogP contribution in [0.1, 0.15) is 43.6 Å². The number of nitro benzene ring substituents is 1.